The fraction of sp³-hybridized carbons (Fsp3) is 0.115. The molecule has 3 aromatic rings. The maximum Gasteiger partial charge on any atom is 0.417 e. The third-order valence-electron chi connectivity index (χ3n) is 5.22. The Balaban J connectivity index is 1.37. The Bertz CT molecular complexity index is 1190. The van der Waals surface area contributed by atoms with Gasteiger partial charge in [-0.1, -0.05) is 42.5 Å². The highest BCUT2D eigenvalue weighted by molar-refractivity contribution is 5.93. The molecular formula is C26H23N3O4. The zero-order chi connectivity index (χ0) is 23.2. The number of carbonyl (C=O) groups is 3. The van der Waals surface area contributed by atoms with Crippen molar-refractivity contribution < 1.29 is 19.1 Å². The number of rotatable bonds is 5. The van der Waals surface area contributed by atoms with E-state index in [1.165, 1.54) is 6.92 Å². The van der Waals surface area contributed by atoms with Gasteiger partial charge in [-0.2, -0.15) is 0 Å². The number of hydrogen-bond acceptors (Lipinski definition) is 4. The quantitative estimate of drug-likeness (QED) is 0.570. The molecule has 0 radical (unpaired) electrons. The standard InChI is InChI=1S/C26H23N3O4/c1-18(30)29-16-15-19-7-5-6-10-23(19)24(29)17-25(31)27-20-11-13-21(14-12-20)28-26(32)33-22-8-3-2-4-9-22/h2-16,24H,17H2,1H3,(H,27,31)(H,28,32)/t24-/m0/s1. The second-order valence-electron chi connectivity index (χ2n) is 7.54. The molecule has 3 aromatic carbocycles. The second-order valence-corrected chi connectivity index (χ2v) is 7.54. The van der Waals surface area contributed by atoms with Gasteiger partial charge in [0, 0.05) is 24.5 Å². The first kappa shape index (κ1) is 21.8. The van der Waals surface area contributed by atoms with Crippen molar-refractivity contribution >= 4 is 35.4 Å². The molecule has 0 unspecified atom stereocenters. The van der Waals surface area contributed by atoms with Crippen LogP contribution in [0.3, 0.4) is 0 Å². The monoisotopic (exact) mass is 441 g/mol. The number of fused-ring (bicyclic) bond motifs is 1. The summed E-state index contributed by atoms with van der Waals surface area (Å²) in [5.41, 5.74) is 3.03. The van der Waals surface area contributed by atoms with Gasteiger partial charge in [0.1, 0.15) is 5.75 Å². The summed E-state index contributed by atoms with van der Waals surface area (Å²) in [5, 5.41) is 5.50. The van der Waals surface area contributed by atoms with Gasteiger partial charge in [-0.25, -0.2) is 4.79 Å². The highest BCUT2D eigenvalue weighted by atomic mass is 16.6. The molecule has 2 N–H and O–H groups in total. The van der Waals surface area contributed by atoms with Crippen LogP contribution in [0.15, 0.2) is 85.1 Å². The summed E-state index contributed by atoms with van der Waals surface area (Å²) in [6.45, 7) is 1.48. The smallest absolute Gasteiger partial charge is 0.410 e. The van der Waals surface area contributed by atoms with Crippen LogP contribution >= 0.6 is 0 Å². The average molecular weight is 441 g/mol. The fourth-order valence-corrected chi connectivity index (χ4v) is 3.68. The number of amides is 3. The summed E-state index contributed by atoms with van der Waals surface area (Å²) in [5.74, 6) is 0.0922. The van der Waals surface area contributed by atoms with Gasteiger partial charge in [0.05, 0.1) is 12.5 Å². The number of hydrogen-bond donors (Lipinski definition) is 2. The summed E-state index contributed by atoms with van der Waals surface area (Å²) in [6, 6.07) is 22.8. The minimum atomic E-state index is -0.605. The Kier molecular flexibility index (Phi) is 6.50. The number of nitrogens with zero attached hydrogens (tertiary/aromatic N) is 1. The van der Waals surface area contributed by atoms with Crippen LogP contribution in [-0.4, -0.2) is 22.8 Å². The van der Waals surface area contributed by atoms with Gasteiger partial charge >= 0.3 is 6.09 Å². The molecule has 0 bridgehead atoms. The molecule has 4 rings (SSSR count). The number of para-hydroxylation sites is 1. The minimum Gasteiger partial charge on any atom is -0.410 e. The number of ether oxygens (including phenoxy) is 1. The molecule has 7 nitrogen and oxygen atoms in total. The number of carbonyl (C=O) groups excluding carboxylic acids is 3. The lowest BCUT2D eigenvalue weighted by Crippen LogP contribution is -2.33. The molecule has 0 saturated heterocycles. The molecule has 7 heteroatoms. The first-order chi connectivity index (χ1) is 16.0. The minimum absolute atomic E-state index is 0.115. The van der Waals surface area contributed by atoms with E-state index in [1.807, 2.05) is 36.4 Å². The van der Waals surface area contributed by atoms with E-state index in [2.05, 4.69) is 10.6 Å². The molecule has 0 aliphatic carbocycles. The van der Waals surface area contributed by atoms with Gasteiger partial charge in [-0.3, -0.25) is 14.9 Å². The second kappa shape index (κ2) is 9.82. The Labute approximate surface area is 191 Å². The zero-order valence-corrected chi connectivity index (χ0v) is 18.0. The maximum absolute atomic E-state index is 12.8. The molecule has 1 aliphatic rings. The predicted molar refractivity (Wildman–Crippen MR) is 127 cm³/mol. The number of nitrogens with one attached hydrogen (secondary N) is 2. The van der Waals surface area contributed by atoms with Crippen LogP contribution in [0.4, 0.5) is 16.2 Å². The number of anilines is 2. The van der Waals surface area contributed by atoms with Crippen molar-refractivity contribution in [3.05, 3.63) is 96.2 Å². The third kappa shape index (κ3) is 5.46. The summed E-state index contributed by atoms with van der Waals surface area (Å²) in [7, 11) is 0. The van der Waals surface area contributed by atoms with Crippen LogP contribution in [0.1, 0.15) is 30.5 Å². The van der Waals surface area contributed by atoms with Crippen molar-refractivity contribution in [2.45, 2.75) is 19.4 Å². The van der Waals surface area contributed by atoms with E-state index < -0.39 is 6.09 Å². The summed E-state index contributed by atoms with van der Waals surface area (Å²) in [4.78, 5) is 38.4. The summed E-state index contributed by atoms with van der Waals surface area (Å²) >= 11 is 0. The van der Waals surface area contributed by atoms with E-state index in [-0.39, 0.29) is 24.3 Å². The lowest BCUT2D eigenvalue weighted by molar-refractivity contribution is -0.129. The van der Waals surface area contributed by atoms with Crippen LogP contribution in [0.25, 0.3) is 6.08 Å². The van der Waals surface area contributed by atoms with E-state index in [4.69, 9.17) is 4.74 Å². The highest BCUT2D eigenvalue weighted by Crippen LogP contribution is 2.33. The summed E-state index contributed by atoms with van der Waals surface area (Å²) in [6.07, 6.45) is 3.10. The van der Waals surface area contributed by atoms with Crippen molar-refractivity contribution in [3.8, 4) is 5.75 Å². The third-order valence-corrected chi connectivity index (χ3v) is 5.22. The normalized spacial score (nSPS) is 14.2. The number of benzene rings is 3. The van der Waals surface area contributed by atoms with E-state index in [0.29, 0.717) is 17.1 Å². The highest BCUT2D eigenvalue weighted by Gasteiger charge is 2.28. The van der Waals surface area contributed by atoms with E-state index in [9.17, 15) is 14.4 Å². The SMILES string of the molecule is CC(=O)N1C=Cc2ccccc2[C@@H]1CC(=O)Nc1ccc(NC(=O)Oc2ccccc2)cc1. The van der Waals surface area contributed by atoms with Gasteiger partial charge in [0.25, 0.3) is 0 Å². The molecule has 3 amide bonds. The van der Waals surface area contributed by atoms with Crippen molar-refractivity contribution in [1.82, 2.24) is 4.90 Å². The maximum atomic E-state index is 12.8. The van der Waals surface area contributed by atoms with Gasteiger partial charge in [0.2, 0.25) is 11.8 Å². The largest absolute Gasteiger partial charge is 0.417 e. The predicted octanol–water partition coefficient (Wildman–Crippen LogP) is 5.20. The van der Waals surface area contributed by atoms with Gasteiger partial charge in [-0.05, 0) is 53.6 Å². The van der Waals surface area contributed by atoms with E-state index in [1.54, 1.807) is 59.6 Å². The fourth-order valence-electron chi connectivity index (χ4n) is 3.68. The Hall–Kier alpha value is -4.39. The lowest BCUT2D eigenvalue weighted by Gasteiger charge is -2.32. The summed E-state index contributed by atoms with van der Waals surface area (Å²) < 4.78 is 5.20. The van der Waals surface area contributed by atoms with Gasteiger partial charge < -0.3 is 15.0 Å². The lowest BCUT2D eigenvalue weighted by atomic mass is 9.93. The van der Waals surface area contributed by atoms with Crippen molar-refractivity contribution in [1.29, 1.82) is 0 Å². The average Bonchev–Trinajstić information content (AvgIpc) is 2.81. The van der Waals surface area contributed by atoms with Gasteiger partial charge in [0.15, 0.2) is 0 Å². The molecule has 0 fully saturated rings. The zero-order valence-electron chi connectivity index (χ0n) is 18.0. The first-order valence-electron chi connectivity index (χ1n) is 10.5. The molecule has 166 valence electrons. The Morgan fingerprint density at radius 2 is 1.48 bits per heavy atom. The topological polar surface area (TPSA) is 87.7 Å². The molecular weight excluding hydrogens is 418 g/mol. The molecule has 33 heavy (non-hydrogen) atoms. The molecule has 0 aromatic heterocycles. The molecule has 1 aliphatic heterocycles. The Morgan fingerprint density at radius 3 is 2.18 bits per heavy atom. The van der Waals surface area contributed by atoms with E-state index in [0.717, 1.165) is 11.1 Å². The van der Waals surface area contributed by atoms with Crippen molar-refractivity contribution in [2.24, 2.45) is 0 Å². The van der Waals surface area contributed by atoms with Crippen LogP contribution in [0.5, 0.6) is 5.75 Å². The van der Waals surface area contributed by atoms with Crippen LogP contribution in [0.2, 0.25) is 0 Å². The molecule has 0 saturated carbocycles. The Morgan fingerprint density at radius 1 is 0.848 bits per heavy atom. The van der Waals surface area contributed by atoms with Crippen LogP contribution in [-0.2, 0) is 9.59 Å². The molecule has 1 heterocycles. The molecule has 1 atom stereocenters. The van der Waals surface area contributed by atoms with E-state index >= 15 is 0 Å². The van der Waals surface area contributed by atoms with Crippen molar-refractivity contribution in [3.63, 3.8) is 0 Å². The van der Waals surface area contributed by atoms with Gasteiger partial charge in [-0.15, -0.1) is 0 Å². The first-order valence-corrected chi connectivity index (χ1v) is 10.5. The van der Waals surface area contributed by atoms with Crippen LogP contribution in [0, 0.1) is 0 Å². The molecule has 0 spiro atoms. The van der Waals surface area contributed by atoms with Crippen molar-refractivity contribution in [2.75, 3.05) is 10.6 Å². The van der Waals surface area contributed by atoms with Crippen LogP contribution < -0.4 is 15.4 Å².